The van der Waals surface area contributed by atoms with E-state index in [1.165, 1.54) is 13.1 Å². The minimum atomic E-state index is -0.495. The van der Waals surface area contributed by atoms with Crippen LogP contribution in [0.2, 0.25) is 0 Å². The molecule has 0 radical (unpaired) electrons. The quantitative estimate of drug-likeness (QED) is 0.566. The number of ether oxygens (including phenoxy) is 1. The highest BCUT2D eigenvalue weighted by Gasteiger charge is 2.19. The van der Waals surface area contributed by atoms with E-state index >= 15 is 0 Å². The van der Waals surface area contributed by atoms with E-state index in [4.69, 9.17) is 4.74 Å². The monoisotopic (exact) mass is 295 g/mol. The molecule has 0 aliphatic carbocycles. The lowest BCUT2D eigenvalue weighted by molar-refractivity contribution is -0.384. The van der Waals surface area contributed by atoms with Gasteiger partial charge in [-0.15, -0.1) is 0 Å². The van der Waals surface area contributed by atoms with Gasteiger partial charge in [-0.25, -0.2) is 0 Å². The van der Waals surface area contributed by atoms with Crippen molar-refractivity contribution in [3.63, 3.8) is 0 Å². The number of nitro groups is 1. The second-order valence-electron chi connectivity index (χ2n) is 4.65. The Labute approximate surface area is 123 Å². The summed E-state index contributed by atoms with van der Waals surface area (Å²) < 4.78 is 5.11. The van der Waals surface area contributed by atoms with Crippen LogP contribution in [0.1, 0.15) is 30.1 Å². The van der Waals surface area contributed by atoms with Gasteiger partial charge in [0.05, 0.1) is 11.5 Å². The fraction of sp³-hybridized carbons (Fsp3) is 0.500. The van der Waals surface area contributed by atoms with E-state index in [1.807, 2.05) is 6.92 Å². The summed E-state index contributed by atoms with van der Waals surface area (Å²) in [6.45, 7) is 2.50. The normalized spacial score (nSPS) is 11.8. The van der Waals surface area contributed by atoms with E-state index in [-0.39, 0.29) is 23.2 Å². The molecule has 0 heterocycles. The molecule has 1 atom stereocenters. The fourth-order valence-corrected chi connectivity index (χ4v) is 2.06. The first-order valence-electron chi connectivity index (χ1n) is 6.79. The summed E-state index contributed by atoms with van der Waals surface area (Å²) >= 11 is 0. The Morgan fingerprint density at radius 3 is 2.71 bits per heavy atom. The Bertz CT molecular complexity index is 499. The Morgan fingerprint density at radius 1 is 1.48 bits per heavy atom. The summed E-state index contributed by atoms with van der Waals surface area (Å²) in [5.74, 6) is -0.355. The van der Waals surface area contributed by atoms with Crippen LogP contribution in [0.4, 0.5) is 11.4 Å². The molecular weight excluding hydrogens is 274 g/mol. The van der Waals surface area contributed by atoms with E-state index in [2.05, 4.69) is 10.6 Å². The summed E-state index contributed by atoms with van der Waals surface area (Å²) in [5.41, 5.74) is 0.532. The van der Waals surface area contributed by atoms with Crippen molar-refractivity contribution in [1.82, 2.24) is 5.32 Å². The molecule has 1 amide bonds. The summed E-state index contributed by atoms with van der Waals surface area (Å²) in [6.07, 6.45) is 1.77. The average Bonchev–Trinajstić information content (AvgIpc) is 2.47. The van der Waals surface area contributed by atoms with Crippen molar-refractivity contribution in [3.05, 3.63) is 33.9 Å². The van der Waals surface area contributed by atoms with E-state index in [0.29, 0.717) is 12.3 Å². The molecule has 1 aromatic rings. The Hall–Kier alpha value is -2.15. The number of hydrogen-bond donors (Lipinski definition) is 2. The number of nitrogens with zero attached hydrogens (tertiary/aromatic N) is 1. The van der Waals surface area contributed by atoms with E-state index in [9.17, 15) is 14.9 Å². The molecule has 21 heavy (non-hydrogen) atoms. The molecule has 2 N–H and O–H groups in total. The molecule has 0 saturated heterocycles. The molecule has 116 valence electrons. The topological polar surface area (TPSA) is 93.5 Å². The number of carbonyl (C=O) groups is 1. The SMILES string of the molecule is CCCC(COC)Nc1ccc(C(=O)NC)cc1[N+](=O)[O-]. The first-order valence-corrected chi connectivity index (χ1v) is 6.79. The number of hydrogen-bond acceptors (Lipinski definition) is 5. The second kappa shape index (κ2) is 8.21. The van der Waals surface area contributed by atoms with Crippen LogP contribution in [-0.2, 0) is 4.74 Å². The Kier molecular flexibility index (Phi) is 6.61. The van der Waals surface area contributed by atoms with Crippen molar-refractivity contribution in [2.24, 2.45) is 0 Å². The van der Waals surface area contributed by atoms with Gasteiger partial charge in [-0.05, 0) is 18.6 Å². The van der Waals surface area contributed by atoms with Crippen LogP contribution in [0.25, 0.3) is 0 Å². The number of rotatable bonds is 8. The molecule has 0 fully saturated rings. The minimum absolute atomic E-state index is 0.00967. The lowest BCUT2D eigenvalue weighted by Gasteiger charge is -2.18. The predicted octanol–water partition coefficient (Wildman–Crippen LogP) is 2.18. The van der Waals surface area contributed by atoms with Crippen LogP contribution in [0.15, 0.2) is 18.2 Å². The van der Waals surface area contributed by atoms with Crippen LogP contribution in [0, 0.1) is 10.1 Å². The van der Waals surface area contributed by atoms with E-state index in [1.54, 1.807) is 19.2 Å². The van der Waals surface area contributed by atoms with Crippen LogP contribution in [0.5, 0.6) is 0 Å². The molecule has 0 aromatic heterocycles. The number of amides is 1. The van der Waals surface area contributed by atoms with Gasteiger partial charge in [0.15, 0.2) is 0 Å². The largest absolute Gasteiger partial charge is 0.383 e. The molecule has 7 nitrogen and oxygen atoms in total. The zero-order valence-electron chi connectivity index (χ0n) is 12.5. The van der Waals surface area contributed by atoms with Gasteiger partial charge < -0.3 is 15.4 Å². The number of nitrogens with one attached hydrogen (secondary N) is 2. The molecule has 7 heteroatoms. The highest BCUT2D eigenvalue weighted by Crippen LogP contribution is 2.27. The second-order valence-corrected chi connectivity index (χ2v) is 4.65. The molecule has 0 saturated carbocycles. The third-order valence-corrected chi connectivity index (χ3v) is 3.05. The fourth-order valence-electron chi connectivity index (χ4n) is 2.06. The average molecular weight is 295 g/mol. The number of anilines is 1. The van der Waals surface area contributed by atoms with Gasteiger partial charge in [0.2, 0.25) is 0 Å². The standard InChI is InChI=1S/C14H21N3O4/c1-4-5-11(9-21-3)16-12-7-6-10(14(18)15-2)8-13(12)17(19)20/h6-8,11,16H,4-5,9H2,1-3H3,(H,15,18). The van der Waals surface area contributed by atoms with Gasteiger partial charge in [0.25, 0.3) is 11.6 Å². The maximum Gasteiger partial charge on any atom is 0.293 e. The van der Waals surface area contributed by atoms with Gasteiger partial charge in [0, 0.05) is 31.8 Å². The lowest BCUT2D eigenvalue weighted by Crippen LogP contribution is -2.25. The van der Waals surface area contributed by atoms with Crippen molar-refractivity contribution in [3.8, 4) is 0 Å². The third kappa shape index (κ3) is 4.71. The summed E-state index contributed by atoms with van der Waals surface area (Å²) in [5, 5.41) is 16.7. The molecule has 0 aliphatic rings. The van der Waals surface area contributed by atoms with Crippen LogP contribution in [0.3, 0.4) is 0 Å². The number of carbonyl (C=O) groups excluding carboxylic acids is 1. The molecular formula is C14H21N3O4. The van der Waals surface area contributed by atoms with Crippen LogP contribution >= 0.6 is 0 Å². The van der Waals surface area contributed by atoms with E-state index in [0.717, 1.165) is 12.8 Å². The van der Waals surface area contributed by atoms with Gasteiger partial charge in [-0.1, -0.05) is 13.3 Å². The zero-order chi connectivity index (χ0) is 15.8. The van der Waals surface area contributed by atoms with Crippen molar-refractivity contribution in [2.45, 2.75) is 25.8 Å². The molecule has 1 rings (SSSR count). The molecule has 1 unspecified atom stereocenters. The highest BCUT2D eigenvalue weighted by molar-refractivity contribution is 5.95. The first-order chi connectivity index (χ1) is 10.0. The van der Waals surface area contributed by atoms with E-state index < -0.39 is 4.92 Å². The van der Waals surface area contributed by atoms with Gasteiger partial charge >= 0.3 is 0 Å². The number of nitro benzene ring substituents is 1. The first kappa shape index (κ1) is 16.9. The van der Waals surface area contributed by atoms with Crippen molar-refractivity contribution < 1.29 is 14.5 Å². The van der Waals surface area contributed by atoms with Crippen LogP contribution < -0.4 is 10.6 Å². The Balaban J connectivity index is 3.05. The zero-order valence-corrected chi connectivity index (χ0v) is 12.5. The molecule has 1 aromatic carbocycles. The summed E-state index contributed by atoms with van der Waals surface area (Å²) in [4.78, 5) is 22.2. The van der Waals surface area contributed by atoms with Crippen molar-refractivity contribution in [1.29, 1.82) is 0 Å². The van der Waals surface area contributed by atoms with Crippen molar-refractivity contribution >= 4 is 17.3 Å². The number of methoxy groups -OCH3 is 1. The van der Waals surface area contributed by atoms with Gasteiger partial charge in [-0.3, -0.25) is 14.9 Å². The lowest BCUT2D eigenvalue weighted by atomic mass is 10.1. The maximum absolute atomic E-state index is 11.6. The summed E-state index contributed by atoms with van der Waals surface area (Å²) in [6, 6.07) is 4.38. The third-order valence-electron chi connectivity index (χ3n) is 3.05. The summed E-state index contributed by atoms with van der Waals surface area (Å²) in [7, 11) is 3.07. The minimum Gasteiger partial charge on any atom is -0.383 e. The van der Waals surface area contributed by atoms with Gasteiger partial charge in [0.1, 0.15) is 5.69 Å². The Morgan fingerprint density at radius 2 is 2.19 bits per heavy atom. The number of benzene rings is 1. The van der Waals surface area contributed by atoms with Gasteiger partial charge in [-0.2, -0.15) is 0 Å². The van der Waals surface area contributed by atoms with Crippen molar-refractivity contribution in [2.75, 3.05) is 26.1 Å². The van der Waals surface area contributed by atoms with Crippen LogP contribution in [-0.4, -0.2) is 37.6 Å². The maximum atomic E-state index is 11.6. The predicted molar refractivity (Wildman–Crippen MR) is 80.7 cm³/mol. The molecule has 0 spiro atoms. The smallest absolute Gasteiger partial charge is 0.293 e. The highest BCUT2D eigenvalue weighted by atomic mass is 16.6. The molecule has 0 aliphatic heterocycles. The molecule has 0 bridgehead atoms.